The lowest BCUT2D eigenvalue weighted by Gasteiger charge is -2.21. The van der Waals surface area contributed by atoms with Crippen molar-refractivity contribution in [2.75, 3.05) is 0 Å². The number of para-hydroxylation sites is 5. The van der Waals surface area contributed by atoms with Crippen LogP contribution in [-0.2, 0) is 48.0 Å². The molecule has 0 unspecified atom stereocenters. The van der Waals surface area contributed by atoms with Gasteiger partial charge in [0.1, 0.15) is 43.6 Å². The molecule has 8 nitrogen and oxygen atoms in total. The van der Waals surface area contributed by atoms with E-state index in [0.717, 1.165) is 57.0 Å². The number of aromatic nitrogens is 8. The van der Waals surface area contributed by atoms with Crippen LogP contribution in [0.25, 0.3) is 95.8 Å². The van der Waals surface area contributed by atoms with Gasteiger partial charge in [0.05, 0.1) is 37.8 Å². The number of nitrogens with zero attached hydrogens (tertiary/aromatic N) is 8. The zero-order chi connectivity index (χ0) is 99.5. The molecule has 0 amide bonds. The molecule has 5 heterocycles. The maximum atomic E-state index is 8.95. The van der Waals surface area contributed by atoms with Crippen molar-refractivity contribution in [3.63, 3.8) is 0 Å². The summed E-state index contributed by atoms with van der Waals surface area (Å²) in [6.45, 7) is 53.2. The number of benzene rings is 10. The Hall–Kier alpha value is -11.4. The van der Waals surface area contributed by atoms with Crippen molar-refractivity contribution < 1.29 is 33.8 Å². The summed E-state index contributed by atoms with van der Waals surface area (Å²) in [5, 5.41) is 0. The lowest BCUT2D eigenvalue weighted by atomic mass is 9.87. The van der Waals surface area contributed by atoms with Crippen LogP contribution in [-0.4, -0.2) is 13.7 Å². The lowest BCUT2D eigenvalue weighted by Crippen LogP contribution is -2.31. The van der Waals surface area contributed by atoms with E-state index in [0.29, 0.717) is 46.6 Å². The average Bonchev–Trinajstić information content (AvgIpc) is 1.57. The Labute approximate surface area is 776 Å². The second kappa shape index (κ2) is 42.1. The number of hydrogen-bond donors (Lipinski definition) is 0. The first-order chi connectivity index (χ1) is 63.2. The van der Waals surface area contributed by atoms with Crippen LogP contribution in [0.3, 0.4) is 0 Å². The van der Waals surface area contributed by atoms with E-state index in [-0.39, 0.29) is 5.92 Å². The Balaban J connectivity index is 0.000000164. The molecule has 0 atom stereocenters. The van der Waals surface area contributed by atoms with Gasteiger partial charge in [0.2, 0.25) is 11.4 Å². The van der Waals surface area contributed by atoms with Crippen LogP contribution in [0.4, 0.5) is 0 Å². The van der Waals surface area contributed by atoms with Crippen molar-refractivity contribution in [2.24, 2.45) is 47.1 Å². The van der Waals surface area contributed by atoms with Gasteiger partial charge in [0.25, 0.3) is 17.5 Å². The van der Waals surface area contributed by atoms with Crippen LogP contribution in [0, 0.1) is 60.2 Å². The molecule has 10 aromatic carbocycles. The monoisotopic (exact) mass is 1700 g/mol. The van der Waals surface area contributed by atoms with Crippen molar-refractivity contribution in [3.8, 4) is 73.7 Å². The molecular weight excluding hydrogens is 1540 g/mol. The van der Waals surface area contributed by atoms with Crippen LogP contribution in [0.15, 0.2) is 249 Å². The minimum absolute atomic E-state index is 0.122. The Bertz CT molecular complexity index is 6650. The maximum absolute atomic E-state index is 8.95. The summed E-state index contributed by atoms with van der Waals surface area (Å²) in [6.07, 6.45) is 7.86. The van der Waals surface area contributed by atoms with Gasteiger partial charge in [-0.25, -0.2) is 22.8 Å². The van der Waals surface area contributed by atoms with Crippen molar-refractivity contribution in [3.05, 3.63) is 344 Å². The molecule has 0 saturated heterocycles. The molecule has 0 bridgehead atoms. The summed E-state index contributed by atoms with van der Waals surface area (Å²) in [7, 11) is 10.4. The fraction of sp³-hybridized carbons (Fsp3) is 0.370. The molecule has 0 N–H and O–H groups in total. The van der Waals surface area contributed by atoms with Crippen molar-refractivity contribution in [2.45, 2.75) is 247 Å². The summed E-state index contributed by atoms with van der Waals surface area (Å²) in [5.41, 5.74) is 36.0. The van der Waals surface area contributed by atoms with E-state index in [1.54, 1.807) is 12.1 Å². The van der Waals surface area contributed by atoms with E-state index in [2.05, 4.69) is 347 Å². The molecule has 5 aromatic heterocycles. The van der Waals surface area contributed by atoms with Gasteiger partial charge in [-0.2, -0.15) is 13.7 Å². The first-order valence-electron chi connectivity index (χ1n) is 50.1. The minimum Gasteiger partial charge on any atom is -0.232 e. The van der Waals surface area contributed by atoms with Crippen LogP contribution in [0.1, 0.15) is 291 Å². The highest BCUT2D eigenvalue weighted by molar-refractivity contribution is 5.83. The zero-order valence-electron chi connectivity index (χ0n) is 90.5. The van der Waals surface area contributed by atoms with Gasteiger partial charge < -0.3 is 0 Å². The van der Waals surface area contributed by atoms with E-state index < -0.39 is 30.9 Å². The fourth-order valence-electron chi connectivity index (χ4n) is 17.9. The lowest BCUT2D eigenvalue weighted by molar-refractivity contribution is -0.661. The Kier molecular flexibility index (Phi) is 28.2. The summed E-state index contributed by atoms with van der Waals surface area (Å²) in [5.74, 6) is 3.69. The second-order valence-electron chi connectivity index (χ2n) is 38.2. The summed E-state index contributed by atoms with van der Waals surface area (Å²) in [6, 6.07) is 79.0. The van der Waals surface area contributed by atoms with Crippen LogP contribution in [0.5, 0.6) is 0 Å². The number of fused-ring (bicyclic) bond motifs is 2. The Morgan fingerprint density at radius 1 is 0.323 bits per heavy atom. The summed E-state index contributed by atoms with van der Waals surface area (Å²) < 4.78 is 83.6. The smallest absolute Gasteiger partial charge is 0.232 e. The van der Waals surface area contributed by atoms with Gasteiger partial charge in [-0.05, 0) is 226 Å². The summed E-state index contributed by atoms with van der Waals surface area (Å²) >= 11 is 0. The highest BCUT2D eigenvalue weighted by atomic mass is 15.2. The molecule has 8 heteroatoms. The average molecular weight is 1700 g/mol. The van der Waals surface area contributed by atoms with Gasteiger partial charge >= 0.3 is 0 Å². The van der Waals surface area contributed by atoms with E-state index >= 15 is 0 Å². The van der Waals surface area contributed by atoms with Crippen LogP contribution < -0.4 is 22.8 Å². The number of hydrogen-bond acceptors (Lipinski definition) is 0. The van der Waals surface area contributed by atoms with E-state index in [4.69, 9.17) is 11.0 Å². The SMILES string of the molecule is Cc1ccc(-c2ccc(CC(C)C)c[n+]2C)c(C)c1.Cc1ccccc1-c1n(-c2c(C(C)C)cc(C(C)C)cc2C(C)C)c2ccccc2[n+]1C.Cc1ccccc1-c1n(-c2c(C(C)C)cccc2C(C)C)c2ccccc2[n+]1C.[2H]C(C)(C)c1cc(C([2H])(C)C)c(-n2cc[n+](C)c2-c2ccccc2C)c(C([2H])(C)C)c1.[2H]C([2H])([2H])c1ccc(-c2ccc(C([2H])([2H])C(C)C)c[n+]2C)c(C)c1. The van der Waals surface area contributed by atoms with Crippen molar-refractivity contribution in [1.82, 2.24) is 13.7 Å². The third-order valence-electron chi connectivity index (χ3n) is 24.7. The minimum atomic E-state index is -2.11. The van der Waals surface area contributed by atoms with Crippen molar-refractivity contribution in [1.29, 1.82) is 0 Å². The number of rotatable bonds is 20. The highest BCUT2D eigenvalue weighted by Gasteiger charge is 2.35. The van der Waals surface area contributed by atoms with Gasteiger partial charge in [-0.3, -0.25) is 0 Å². The molecule has 0 radical (unpaired) electrons. The molecule has 0 aliphatic carbocycles. The van der Waals surface area contributed by atoms with Gasteiger partial charge in [0.15, 0.2) is 34.5 Å². The topological polar surface area (TPSA) is 34.2 Å². The third kappa shape index (κ3) is 21.7. The first-order valence-corrected chi connectivity index (χ1v) is 46.1. The van der Waals surface area contributed by atoms with E-state index in [1.165, 1.54) is 129 Å². The van der Waals surface area contributed by atoms with Crippen molar-refractivity contribution >= 4 is 22.1 Å². The first kappa shape index (κ1) is 85.1. The molecule has 0 fully saturated rings. The molecule has 127 heavy (non-hydrogen) atoms. The van der Waals surface area contributed by atoms with E-state index in [1.807, 2.05) is 142 Å². The predicted octanol–water partition coefficient (Wildman–Crippen LogP) is 29.1. The van der Waals surface area contributed by atoms with Gasteiger partial charge in [-0.15, -0.1) is 0 Å². The number of pyridine rings is 2. The van der Waals surface area contributed by atoms with Gasteiger partial charge in [-0.1, -0.05) is 295 Å². The quantitative estimate of drug-likeness (QED) is 0.0682. The summed E-state index contributed by atoms with van der Waals surface area (Å²) in [4.78, 5) is 0. The molecule has 15 rings (SSSR count). The zero-order valence-corrected chi connectivity index (χ0v) is 82.5. The Morgan fingerprint density at radius 2 is 0.717 bits per heavy atom. The predicted molar refractivity (Wildman–Crippen MR) is 541 cm³/mol. The Morgan fingerprint density at radius 3 is 1.11 bits per heavy atom. The molecule has 662 valence electrons. The molecule has 0 spiro atoms. The van der Waals surface area contributed by atoms with Crippen LogP contribution in [0.2, 0.25) is 0 Å². The molecule has 0 saturated carbocycles. The standard InChI is InChI=1S/C30H37N2.C27H31N2.C26H35N2.2C18H24N/c1-19(2)23-17-25(20(3)4)29(26(18-23)21(5)6)32-28-16-12-11-15-27(28)31(8)30(32)24-14-10-9-13-22(24)7;1-18(2)21-14-11-15-22(19(3)4)26(21)29-25-17-10-9-16-24(25)28(6)27(29)23-13-8-7-12-20(23)5;1-17(2)21-15-23(18(3)4)25(24(16-21)19(5)6)28-14-13-27(8)26(28)22-12-10-9-11-20(22)7;2*1-13(2)10-16-7-9-18(19(5)12-16)17-8-6-14(3)11-15(17)4/h9-21H,1-8H3;7-19H,1-6H3;9-19H,1-8H3;2*6-9,11-13H,10H2,1-5H3/q5*+1/i;;17D,18D,19D;3D3,10D2;. The number of aryl methyl sites for hydroxylation is 12. The normalized spacial score (nSPS) is 13.0. The van der Waals surface area contributed by atoms with Crippen LogP contribution >= 0.6 is 0 Å². The molecular formula is C119H151N8+5. The largest absolute Gasteiger partial charge is 0.295 e. The molecule has 15 aromatic rings. The maximum Gasteiger partial charge on any atom is 0.295 e. The number of imidazole rings is 3. The fourth-order valence-corrected chi connectivity index (χ4v) is 17.9. The molecule has 0 aliphatic heterocycles. The highest BCUT2D eigenvalue weighted by Crippen LogP contribution is 2.43. The van der Waals surface area contributed by atoms with E-state index in [9.17, 15) is 0 Å². The van der Waals surface area contributed by atoms with Gasteiger partial charge in [0, 0.05) is 78.7 Å². The molecule has 0 aliphatic rings. The third-order valence-corrected chi connectivity index (χ3v) is 24.7. The second-order valence-corrected chi connectivity index (χ2v) is 38.2.